The van der Waals surface area contributed by atoms with E-state index in [1.165, 1.54) is 0 Å². The van der Waals surface area contributed by atoms with Gasteiger partial charge in [0.15, 0.2) is 0 Å². The predicted molar refractivity (Wildman–Crippen MR) is 79.4 cm³/mol. The average Bonchev–Trinajstić information content (AvgIpc) is 2.48. The van der Waals surface area contributed by atoms with E-state index in [1.54, 1.807) is 13.0 Å². The lowest BCUT2D eigenvalue weighted by Crippen LogP contribution is -2.39. The molecule has 2 aromatic rings. The molecule has 0 spiro atoms. The van der Waals surface area contributed by atoms with Gasteiger partial charge in [-0.2, -0.15) is 0 Å². The molecular formula is C17H18O4. The Morgan fingerprint density at radius 3 is 2.90 bits per heavy atom. The summed E-state index contributed by atoms with van der Waals surface area (Å²) < 4.78 is 10.6. The van der Waals surface area contributed by atoms with Gasteiger partial charge >= 0.3 is 11.6 Å². The summed E-state index contributed by atoms with van der Waals surface area (Å²) in [5.41, 5.74) is 0.825. The SMILES string of the molecule is CCOC(=O)C1(C)CCCc2c1c1ccccc1oc2=O. The fourth-order valence-corrected chi connectivity index (χ4v) is 3.28. The highest BCUT2D eigenvalue weighted by Gasteiger charge is 2.43. The molecule has 1 aliphatic rings. The van der Waals surface area contributed by atoms with Crippen LogP contribution in [-0.2, 0) is 21.4 Å². The highest BCUT2D eigenvalue weighted by Crippen LogP contribution is 2.40. The molecule has 1 aliphatic carbocycles. The number of rotatable bonds is 2. The molecule has 0 radical (unpaired) electrons. The maximum atomic E-state index is 12.5. The number of para-hydroxylation sites is 1. The van der Waals surface area contributed by atoms with Gasteiger partial charge in [0, 0.05) is 10.9 Å². The first kappa shape index (κ1) is 13.9. The average molecular weight is 286 g/mol. The van der Waals surface area contributed by atoms with Crippen molar-refractivity contribution in [2.24, 2.45) is 0 Å². The molecule has 1 heterocycles. The van der Waals surface area contributed by atoms with E-state index < -0.39 is 5.41 Å². The maximum Gasteiger partial charge on any atom is 0.339 e. The minimum atomic E-state index is -0.779. The fraction of sp³-hybridized carbons (Fsp3) is 0.412. The molecule has 3 rings (SSSR count). The molecule has 1 unspecified atom stereocenters. The van der Waals surface area contributed by atoms with Gasteiger partial charge in [-0.1, -0.05) is 18.2 Å². The second-order valence-electron chi connectivity index (χ2n) is 5.65. The molecule has 110 valence electrons. The summed E-state index contributed by atoms with van der Waals surface area (Å²) in [6.07, 6.45) is 2.12. The zero-order valence-electron chi connectivity index (χ0n) is 12.3. The van der Waals surface area contributed by atoms with Crippen LogP contribution in [0, 0.1) is 0 Å². The van der Waals surface area contributed by atoms with Gasteiger partial charge in [-0.15, -0.1) is 0 Å². The number of carbonyl (C=O) groups excluding carboxylic acids is 1. The molecule has 0 bridgehead atoms. The molecule has 4 nitrogen and oxygen atoms in total. The van der Waals surface area contributed by atoms with Gasteiger partial charge in [-0.05, 0) is 44.7 Å². The Morgan fingerprint density at radius 1 is 1.38 bits per heavy atom. The molecule has 0 saturated heterocycles. The van der Waals surface area contributed by atoms with E-state index in [1.807, 2.05) is 25.1 Å². The van der Waals surface area contributed by atoms with Gasteiger partial charge in [0.05, 0.1) is 12.0 Å². The van der Waals surface area contributed by atoms with E-state index in [9.17, 15) is 9.59 Å². The number of carbonyl (C=O) groups is 1. The fourth-order valence-electron chi connectivity index (χ4n) is 3.28. The van der Waals surface area contributed by atoms with Crippen LogP contribution < -0.4 is 5.63 Å². The zero-order valence-corrected chi connectivity index (χ0v) is 12.3. The van der Waals surface area contributed by atoms with Gasteiger partial charge < -0.3 is 9.15 Å². The summed E-state index contributed by atoms with van der Waals surface area (Å²) in [6.45, 7) is 4.00. The van der Waals surface area contributed by atoms with Crippen LogP contribution in [0.3, 0.4) is 0 Å². The van der Waals surface area contributed by atoms with Crippen molar-refractivity contribution in [2.45, 2.75) is 38.5 Å². The summed E-state index contributed by atoms with van der Waals surface area (Å²) in [7, 11) is 0. The van der Waals surface area contributed by atoms with Crippen LogP contribution >= 0.6 is 0 Å². The molecule has 0 fully saturated rings. The van der Waals surface area contributed by atoms with Crippen molar-refractivity contribution in [3.63, 3.8) is 0 Å². The van der Waals surface area contributed by atoms with Crippen LogP contribution in [0.15, 0.2) is 33.5 Å². The van der Waals surface area contributed by atoms with E-state index in [2.05, 4.69) is 0 Å². The molecule has 0 N–H and O–H groups in total. The van der Waals surface area contributed by atoms with Crippen molar-refractivity contribution in [1.29, 1.82) is 0 Å². The lowest BCUT2D eigenvalue weighted by Gasteiger charge is -2.33. The summed E-state index contributed by atoms with van der Waals surface area (Å²) in [6, 6.07) is 7.38. The quantitative estimate of drug-likeness (QED) is 0.629. The second kappa shape index (κ2) is 5.02. The maximum absolute atomic E-state index is 12.5. The Morgan fingerprint density at radius 2 is 2.14 bits per heavy atom. The van der Waals surface area contributed by atoms with Crippen molar-refractivity contribution >= 4 is 16.9 Å². The van der Waals surface area contributed by atoms with Crippen molar-refractivity contribution in [2.75, 3.05) is 6.61 Å². The topological polar surface area (TPSA) is 56.5 Å². The summed E-state index contributed by atoms with van der Waals surface area (Å²) in [5.74, 6) is -0.262. The predicted octanol–water partition coefficient (Wildman–Crippen LogP) is 2.95. The van der Waals surface area contributed by atoms with Crippen LogP contribution in [0.2, 0.25) is 0 Å². The van der Waals surface area contributed by atoms with Crippen molar-refractivity contribution in [1.82, 2.24) is 0 Å². The number of esters is 1. The Labute approximate surface area is 122 Å². The minimum Gasteiger partial charge on any atom is -0.465 e. The largest absolute Gasteiger partial charge is 0.465 e. The van der Waals surface area contributed by atoms with Crippen LogP contribution in [0.1, 0.15) is 37.8 Å². The first-order valence-corrected chi connectivity index (χ1v) is 7.30. The first-order valence-electron chi connectivity index (χ1n) is 7.30. The Kier molecular flexibility index (Phi) is 3.32. The number of ether oxygens (including phenoxy) is 1. The van der Waals surface area contributed by atoms with Crippen LogP contribution in [0.5, 0.6) is 0 Å². The molecule has 0 amide bonds. The smallest absolute Gasteiger partial charge is 0.339 e. The van der Waals surface area contributed by atoms with E-state index in [4.69, 9.17) is 9.15 Å². The lowest BCUT2D eigenvalue weighted by molar-refractivity contribution is -0.150. The number of hydrogen-bond donors (Lipinski definition) is 0. The van der Waals surface area contributed by atoms with Gasteiger partial charge in [-0.3, -0.25) is 4.79 Å². The number of hydrogen-bond acceptors (Lipinski definition) is 4. The number of benzene rings is 1. The van der Waals surface area contributed by atoms with E-state index in [0.29, 0.717) is 30.6 Å². The molecule has 21 heavy (non-hydrogen) atoms. The monoisotopic (exact) mass is 286 g/mol. The van der Waals surface area contributed by atoms with E-state index in [-0.39, 0.29) is 11.6 Å². The minimum absolute atomic E-state index is 0.262. The van der Waals surface area contributed by atoms with Gasteiger partial charge in [-0.25, -0.2) is 4.79 Å². The third-order valence-electron chi connectivity index (χ3n) is 4.29. The third-order valence-corrected chi connectivity index (χ3v) is 4.29. The standard InChI is InChI=1S/C17H18O4/c1-3-20-16(19)17(2)10-6-8-12-14(17)11-7-4-5-9-13(11)21-15(12)18/h4-5,7,9H,3,6,8,10H2,1-2H3. The van der Waals surface area contributed by atoms with Crippen LogP contribution in [0.25, 0.3) is 11.0 Å². The third kappa shape index (κ3) is 2.06. The van der Waals surface area contributed by atoms with Crippen molar-refractivity contribution in [3.8, 4) is 0 Å². The summed E-state index contributed by atoms with van der Waals surface area (Å²) in [5, 5.41) is 0.836. The Bertz CT molecular complexity index is 759. The molecular weight excluding hydrogens is 268 g/mol. The zero-order chi connectivity index (χ0) is 15.0. The molecule has 1 atom stereocenters. The second-order valence-corrected chi connectivity index (χ2v) is 5.65. The van der Waals surface area contributed by atoms with E-state index >= 15 is 0 Å². The summed E-state index contributed by atoms with van der Waals surface area (Å²) >= 11 is 0. The van der Waals surface area contributed by atoms with Crippen LogP contribution in [-0.4, -0.2) is 12.6 Å². The summed E-state index contributed by atoms with van der Waals surface area (Å²) in [4.78, 5) is 24.7. The van der Waals surface area contributed by atoms with Gasteiger partial charge in [0.1, 0.15) is 5.58 Å². The molecule has 4 heteroatoms. The molecule has 1 aromatic heterocycles. The molecule has 0 saturated carbocycles. The van der Waals surface area contributed by atoms with E-state index in [0.717, 1.165) is 17.4 Å². The normalized spacial score (nSPS) is 21.0. The first-order chi connectivity index (χ1) is 10.1. The van der Waals surface area contributed by atoms with Crippen molar-refractivity contribution in [3.05, 3.63) is 45.8 Å². The number of fused-ring (bicyclic) bond motifs is 3. The molecule has 0 aliphatic heterocycles. The van der Waals surface area contributed by atoms with Gasteiger partial charge in [0.25, 0.3) is 0 Å². The lowest BCUT2D eigenvalue weighted by atomic mass is 9.70. The van der Waals surface area contributed by atoms with Crippen molar-refractivity contribution < 1.29 is 13.9 Å². The Balaban J connectivity index is 2.34. The molecule has 1 aromatic carbocycles. The highest BCUT2D eigenvalue weighted by atomic mass is 16.5. The van der Waals surface area contributed by atoms with Gasteiger partial charge in [0.2, 0.25) is 0 Å². The highest BCUT2D eigenvalue weighted by molar-refractivity contribution is 5.92. The van der Waals surface area contributed by atoms with Crippen LogP contribution in [0.4, 0.5) is 0 Å². The Hall–Kier alpha value is -2.10.